The Morgan fingerprint density at radius 3 is 2.86 bits per heavy atom. The number of rotatable bonds is 4. The van der Waals surface area contributed by atoms with Crippen molar-refractivity contribution in [3.05, 3.63) is 24.5 Å². The quantitative estimate of drug-likeness (QED) is 0.748. The number of nitrogens with two attached hydrogens (primary N) is 1. The Bertz CT molecular complexity index is 308. The van der Waals surface area contributed by atoms with Crippen molar-refractivity contribution >= 4 is 17.4 Å². The summed E-state index contributed by atoms with van der Waals surface area (Å²) < 4.78 is 0. The van der Waals surface area contributed by atoms with E-state index in [0.29, 0.717) is 5.75 Å². The van der Waals surface area contributed by atoms with Crippen LogP contribution in [0, 0.1) is 11.3 Å². The first kappa shape index (κ1) is 10.8. The Hall–Kier alpha value is -1.25. The Kier molecular flexibility index (Phi) is 4.23. The zero-order valence-electron chi connectivity index (χ0n) is 7.92. The van der Waals surface area contributed by atoms with Gasteiger partial charge in [-0.2, -0.15) is 5.26 Å². The molecule has 0 amide bonds. The number of nitriles is 1. The van der Waals surface area contributed by atoms with Crippen molar-refractivity contribution < 1.29 is 0 Å². The van der Waals surface area contributed by atoms with Gasteiger partial charge < -0.3 is 10.6 Å². The number of anilines is 1. The second-order valence-corrected chi connectivity index (χ2v) is 3.78. The molecular formula is C9H12N4S. The lowest BCUT2D eigenvalue weighted by atomic mass is 10.4. The molecule has 5 heteroatoms. The molecule has 1 aromatic heterocycles. The van der Waals surface area contributed by atoms with Crippen molar-refractivity contribution in [3.8, 4) is 6.07 Å². The Morgan fingerprint density at radius 2 is 2.29 bits per heavy atom. The third-order valence-electron chi connectivity index (χ3n) is 1.77. The van der Waals surface area contributed by atoms with Gasteiger partial charge in [0, 0.05) is 25.1 Å². The molecule has 2 N–H and O–H groups in total. The summed E-state index contributed by atoms with van der Waals surface area (Å²) in [5.41, 5.74) is 6.65. The predicted octanol–water partition coefficient (Wildman–Crippen LogP) is 1.02. The van der Waals surface area contributed by atoms with Crippen molar-refractivity contribution in [2.24, 2.45) is 5.73 Å². The summed E-state index contributed by atoms with van der Waals surface area (Å²) in [7, 11) is 1.89. The molecule has 0 spiro atoms. The van der Waals surface area contributed by atoms with E-state index in [1.165, 1.54) is 11.8 Å². The van der Waals surface area contributed by atoms with E-state index >= 15 is 0 Å². The Morgan fingerprint density at radius 1 is 1.64 bits per heavy atom. The van der Waals surface area contributed by atoms with E-state index in [0.717, 1.165) is 5.69 Å². The first-order chi connectivity index (χ1) is 6.75. The van der Waals surface area contributed by atoms with E-state index in [9.17, 15) is 0 Å². The summed E-state index contributed by atoms with van der Waals surface area (Å²) in [6, 6.07) is 5.81. The van der Waals surface area contributed by atoms with Crippen LogP contribution in [-0.2, 0) is 0 Å². The van der Waals surface area contributed by atoms with Gasteiger partial charge in [0.15, 0.2) is 0 Å². The summed E-state index contributed by atoms with van der Waals surface area (Å²) in [4.78, 5) is 5.83. The molecule has 0 bridgehead atoms. The molecule has 1 heterocycles. The molecule has 0 aliphatic heterocycles. The maximum Gasteiger partial charge on any atom is 0.126 e. The molecule has 0 saturated heterocycles. The van der Waals surface area contributed by atoms with E-state index < -0.39 is 0 Å². The fraction of sp³-hybridized carbons (Fsp3) is 0.333. The van der Waals surface area contributed by atoms with Gasteiger partial charge in [0.25, 0.3) is 0 Å². The molecule has 1 aromatic rings. The monoisotopic (exact) mass is 208 g/mol. The molecule has 0 aliphatic rings. The highest BCUT2D eigenvalue weighted by Crippen LogP contribution is 2.17. The van der Waals surface area contributed by atoms with Gasteiger partial charge in [0.2, 0.25) is 0 Å². The molecule has 74 valence electrons. The van der Waals surface area contributed by atoms with E-state index in [1.54, 1.807) is 12.4 Å². The molecule has 0 saturated carbocycles. The van der Waals surface area contributed by atoms with Crippen LogP contribution in [0.3, 0.4) is 0 Å². The predicted molar refractivity (Wildman–Crippen MR) is 58.7 cm³/mol. The van der Waals surface area contributed by atoms with Crippen LogP contribution >= 0.6 is 11.8 Å². The van der Waals surface area contributed by atoms with E-state index in [1.807, 2.05) is 30.1 Å². The van der Waals surface area contributed by atoms with E-state index in [2.05, 4.69) is 4.98 Å². The molecule has 0 aromatic carbocycles. The minimum absolute atomic E-state index is 0.197. The molecule has 0 aliphatic carbocycles. The zero-order chi connectivity index (χ0) is 10.4. The van der Waals surface area contributed by atoms with Crippen molar-refractivity contribution in [2.45, 2.75) is 5.50 Å². The Labute approximate surface area is 87.7 Å². The van der Waals surface area contributed by atoms with Crippen LogP contribution in [-0.4, -0.2) is 23.3 Å². The van der Waals surface area contributed by atoms with Gasteiger partial charge in [-0.05, 0) is 12.1 Å². The zero-order valence-corrected chi connectivity index (χ0v) is 8.74. The smallest absolute Gasteiger partial charge is 0.126 e. The molecule has 14 heavy (non-hydrogen) atoms. The number of nitrogens with zero attached hydrogens (tertiary/aromatic N) is 3. The number of hydrogen-bond donors (Lipinski definition) is 1. The topological polar surface area (TPSA) is 65.9 Å². The van der Waals surface area contributed by atoms with Gasteiger partial charge in [0.1, 0.15) is 5.50 Å². The SMILES string of the molecule is CN(c1ccncc1)C(N)SCC#N. The lowest BCUT2D eigenvalue weighted by Crippen LogP contribution is -2.36. The highest BCUT2D eigenvalue weighted by Gasteiger charge is 2.09. The van der Waals surface area contributed by atoms with Gasteiger partial charge in [-0.25, -0.2) is 0 Å². The summed E-state index contributed by atoms with van der Waals surface area (Å²) in [5, 5.41) is 8.41. The summed E-state index contributed by atoms with van der Waals surface area (Å²) in [5.74, 6) is 0.399. The second kappa shape index (κ2) is 5.47. The van der Waals surface area contributed by atoms with Crippen LogP contribution in [0.15, 0.2) is 24.5 Å². The van der Waals surface area contributed by atoms with Crippen molar-refractivity contribution in [3.63, 3.8) is 0 Å². The van der Waals surface area contributed by atoms with Gasteiger partial charge in [-0.15, -0.1) is 11.8 Å². The first-order valence-corrected chi connectivity index (χ1v) is 5.17. The maximum absolute atomic E-state index is 8.41. The number of hydrogen-bond acceptors (Lipinski definition) is 5. The van der Waals surface area contributed by atoms with Gasteiger partial charge in [-0.3, -0.25) is 4.98 Å². The molecular weight excluding hydrogens is 196 g/mol. The number of pyridine rings is 1. The highest BCUT2D eigenvalue weighted by molar-refractivity contribution is 8.00. The fourth-order valence-electron chi connectivity index (χ4n) is 0.961. The van der Waals surface area contributed by atoms with Gasteiger partial charge in [-0.1, -0.05) is 0 Å². The van der Waals surface area contributed by atoms with Crippen molar-refractivity contribution in [1.82, 2.24) is 4.98 Å². The van der Waals surface area contributed by atoms with Crippen molar-refractivity contribution in [1.29, 1.82) is 5.26 Å². The molecule has 1 unspecified atom stereocenters. The third kappa shape index (κ3) is 2.91. The molecule has 1 rings (SSSR count). The van der Waals surface area contributed by atoms with E-state index in [4.69, 9.17) is 11.0 Å². The molecule has 1 atom stereocenters. The third-order valence-corrected chi connectivity index (χ3v) is 2.72. The largest absolute Gasteiger partial charge is 0.350 e. The van der Waals surface area contributed by atoms with Crippen molar-refractivity contribution in [2.75, 3.05) is 17.7 Å². The minimum atomic E-state index is -0.197. The summed E-state index contributed by atoms with van der Waals surface area (Å²) in [6.07, 6.45) is 3.43. The molecule has 0 fully saturated rings. The van der Waals surface area contributed by atoms with Crippen LogP contribution in [0.1, 0.15) is 0 Å². The van der Waals surface area contributed by atoms with Crippen LogP contribution < -0.4 is 10.6 Å². The number of thioether (sulfide) groups is 1. The summed E-state index contributed by atoms with van der Waals surface area (Å²) >= 11 is 1.40. The van der Waals surface area contributed by atoms with Crippen LogP contribution in [0.25, 0.3) is 0 Å². The van der Waals surface area contributed by atoms with E-state index in [-0.39, 0.29) is 5.50 Å². The number of aromatic nitrogens is 1. The average molecular weight is 208 g/mol. The van der Waals surface area contributed by atoms with Crippen LogP contribution in [0.4, 0.5) is 5.69 Å². The maximum atomic E-state index is 8.41. The normalized spacial score (nSPS) is 11.8. The van der Waals surface area contributed by atoms with Gasteiger partial charge in [0.05, 0.1) is 11.8 Å². The lowest BCUT2D eigenvalue weighted by molar-refractivity contribution is 0.871. The average Bonchev–Trinajstić information content (AvgIpc) is 2.26. The molecule has 0 radical (unpaired) electrons. The van der Waals surface area contributed by atoms with Crippen LogP contribution in [0.2, 0.25) is 0 Å². The minimum Gasteiger partial charge on any atom is -0.350 e. The first-order valence-electron chi connectivity index (χ1n) is 4.12. The van der Waals surface area contributed by atoms with Gasteiger partial charge >= 0.3 is 0 Å². The highest BCUT2D eigenvalue weighted by atomic mass is 32.2. The summed E-state index contributed by atoms with van der Waals surface area (Å²) in [6.45, 7) is 0. The second-order valence-electron chi connectivity index (χ2n) is 2.68. The van der Waals surface area contributed by atoms with Crippen LogP contribution in [0.5, 0.6) is 0 Å². The lowest BCUT2D eigenvalue weighted by Gasteiger charge is -2.25. The molecule has 4 nitrogen and oxygen atoms in total. The fourth-order valence-corrected chi connectivity index (χ4v) is 1.55. The standard InChI is InChI=1S/C9H12N4S/c1-13(9(11)14-7-4-10)8-2-5-12-6-3-8/h2-3,5-6,9H,7,11H2,1H3. The Balaban J connectivity index is 2.57.